The van der Waals surface area contributed by atoms with Crippen molar-refractivity contribution in [2.75, 3.05) is 0 Å². The van der Waals surface area contributed by atoms with Gasteiger partial charge in [0.05, 0.1) is 16.7 Å². The van der Waals surface area contributed by atoms with Crippen LogP contribution in [0.5, 0.6) is 0 Å². The predicted octanol–water partition coefficient (Wildman–Crippen LogP) is 5.67. The standard InChI is InChI=1S/C21H27N3OS/c1-6-7-8-12-17-18(13(2)3)22-20(26-17)15-10-9-11-16-19(15)23-21(25)24(16)14(4)5/h6,9-11,13-14H,1,7-8,12H2,2-5H3,(H,23,25). The highest BCUT2D eigenvalue weighted by Gasteiger charge is 2.19. The molecule has 5 heteroatoms. The molecule has 0 aliphatic rings. The molecule has 0 saturated carbocycles. The molecule has 3 aromatic rings. The smallest absolute Gasteiger partial charge is 0.305 e. The van der Waals surface area contributed by atoms with Crippen LogP contribution in [0.1, 0.15) is 63.1 Å². The largest absolute Gasteiger partial charge is 0.326 e. The van der Waals surface area contributed by atoms with Crippen molar-refractivity contribution in [1.82, 2.24) is 14.5 Å². The number of thiazole rings is 1. The Bertz CT molecular complexity index is 975. The Kier molecular flexibility index (Phi) is 5.47. The zero-order chi connectivity index (χ0) is 18.8. The van der Waals surface area contributed by atoms with Crippen LogP contribution in [0.2, 0.25) is 0 Å². The number of hydrogen-bond donors (Lipinski definition) is 1. The van der Waals surface area contributed by atoms with Crippen molar-refractivity contribution in [3.8, 4) is 10.6 Å². The van der Waals surface area contributed by atoms with Gasteiger partial charge in [0, 0.05) is 16.5 Å². The molecular formula is C21H27N3OS. The number of aryl methyl sites for hydroxylation is 1. The third kappa shape index (κ3) is 3.40. The first-order valence-electron chi connectivity index (χ1n) is 9.28. The Morgan fingerprint density at radius 2 is 2.08 bits per heavy atom. The lowest BCUT2D eigenvalue weighted by atomic mass is 10.1. The molecule has 0 amide bonds. The van der Waals surface area contributed by atoms with Gasteiger partial charge in [-0.15, -0.1) is 17.9 Å². The molecule has 0 aliphatic heterocycles. The maximum absolute atomic E-state index is 12.4. The summed E-state index contributed by atoms with van der Waals surface area (Å²) in [5.74, 6) is 0.386. The molecule has 1 N–H and O–H groups in total. The minimum atomic E-state index is -0.0608. The van der Waals surface area contributed by atoms with Gasteiger partial charge in [-0.2, -0.15) is 0 Å². The second kappa shape index (κ2) is 7.62. The monoisotopic (exact) mass is 369 g/mol. The molecule has 0 bridgehead atoms. The lowest BCUT2D eigenvalue weighted by Gasteiger charge is -2.07. The third-order valence-corrected chi connectivity index (χ3v) is 5.75. The summed E-state index contributed by atoms with van der Waals surface area (Å²) < 4.78 is 1.81. The second-order valence-corrected chi connectivity index (χ2v) is 8.34. The van der Waals surface area contributed by atoms with Crippen molar-refractivity contribution in [2.24, 2.45) is 0 Å². The molecule has 0 fully saturated rings. The fraction of sp³-hybridized carbons (Fsp3) is 0.429. The molecule has 0 spiro atoms. The highest BCUT2D eigenvalue weighted by atomic mass is 32.1. The number of imidazole rings is 1. The van der Waals surface area contributed by atoms with E-state index in [-0.39, 0.29) is 11.7 Å². The van der Waals surface area contributed by atoms with E-state index in [0.717, 1.165) is 40.9 Å². The normalized spacial score (nSPS) is 11.8. The Morgan fingerprint density at radius 1 is 1.31 bits per heavy atom. The summed E-state index contributed by atoms with van der Waals surface area (Å²) in [5.41, 5.74) is 3.96. The van der Waals surface area contributed by atoms with Crippen LogP contribution < -0.4 is 5.69 Å². The van der Waals surface area contributed by atoms with Crippen LogP contribution in [0, 0.1) is 0 Å². The lowest BCUT2D eigenvalue weighted by Crippen LogP contribution is -2.18. The molecule has 138 valence electrons. The van der Waals surface area contributed by atoms with Crippen LogP contribution in [0.25, 0.3) is 21.6 Å². The van der Waals surface area contributed by atoms with Crippen molar-refractivity contribution < 1.29 is 0 Å². The number of nitrogens with one attached hydrogen (secondary N) is 1. The molecule has 2 heterocycles. The minimum Gasteiger partial charge on any atom is -0.305 e. The SMILES string of the molecule is C=CCCCc1sc(-c2cccc3c2[nH]c(=O)n3C(C)C)nc1C(C)C. The molecule has 2 aromatic heterocycles. The van der Waals surface area contributed by atoms with E-state index in [1.54, 1.807) is 15.9 Å². The highest BCUT2D eigenvalue weighted by Crippen LogP contribution is 2.35. The predicted molar refractivity (Wildman–Crippen MR) is 111 cm³/mol. The van der Waals surface area contributed by atoms with Gasteiger partial charge in [-0.05, 0) is 51.2 Å². The van der Waals surface area contributed by atoms with E-state index in [4.69, 9.17) is 4.98 Å². The maximum Gasteiger partial charge on any atom is 0.326 e. The topological polar surface area (TPSA) is 50.7 Å². The van der Waals surface area contributed by atoms with E-state index in [9.17, 15) is 4.79 Å². The molecular weight excluding hydrogens is 342 g/mol. The number of hydrogen-bond acceptors (Lipinski definition) is 3. The Labute approximate surface area is 158 Å². The number of nitrogens with zero attached hydrogens (tertiary/aromatic N) is 2. The zero-order valence-corrected chi connectivity index (χ0v) is 16.8. The number of fused-ring (bicyclic) bond motifs is 1. The first-order chi connectivity index (χ1) is 12.4. The van der Waals surface area contributed by atoms with E-state index in [0.29, 0.717) is 5.92 Å². The van der Waals surface area contributed by atoms with E-state index >= 15 is 0 Å². The average molecular weight is 370 g/mol. The van der Waals surface area contributed by atoms with Crippen LogP contribution in [-0.4, -0.2) is 14.5 Å². The minimum absolute atomic E-state index is 0.0608. The van der Waals surface area contributed by atoms with Crippen LogP contribution in [-0.2, 0) is 6.42 Å². The summed E-state index contributed by atoms with van der Waals surface area (Å²) in [6.07, 6.45) is 5.11. The van der Waals surface area contributed by atoms with Gasteiger partial charge in [-0.1, -0.05) is 26.0 Å². The van der Waals surface area contributed by atoms with E-state index in [2.05, 4.69) is 31.5 Å². The van der Waals surface area contributed by atoms with Gasteiger partial charge >= 0.3 is 5.69 Å². The Morgan fingerprint density at radius 3 is 2.73 bits per heavy atom. The number of H-pyrrole nitrogens is 1. The van der Waals surface area contributed by atoms with Crippen LogP contribution in [0.3, 0.4) is 0 Å². The van der Waals surface area contributed by atoms with Crippen molar-refractivity contribution in [3.05, 3.63) is 51.9 Å². The van der Waals surface area contributed by atoms with Gasteiger partial charge in [0.25, 0.3) is 0 Å². The van der Waals surface area contributed by atoms with Crippen molar-refractivity contribution in [2.45, 2.75) is 58.9 Å². The average Bonchev–Trinajstić information content (AvgIpc) is 3.15. The van der Waals surface area contributed by atoms with Crippen LogP contribution >= 0.6 is 11.3 Å². The quantitative estimate of drug-likeness (QED) is 0.431. The van der Waals surface area contributed by atoms with E-state index < -0.39 is 0 Å². The number of para-hydroxylation sites is 1. The van der Waals surface area contributed by atoms with Gasteiger partial charge in [-0.3, -0.25) is 4.57 Å². The lowest BCUT2D eigenvalue weighted by molar-refractivity contribution is 0.598. The third-order valence-electron chi connectivity index (χ3n) is 4.59. The molecule has 0 unspecified atom stereocenters. The van der Waals surface area contributed by atoms with Gasteiger partial charge in [-0.25, -0.2) is 9.78 Å². The first kappa shape index (κ1) is 18.6. The molecule has 0 saturated heterocycles. The molecule has 26 heavy (non-hydrogen) atoms. The van der Waals surface area contributed by atoms with Crippen LogP contribution in [0.4, 0.5) is 0 Å². The number of rotatable bonds is 7. The zero-order valence-electron chi connectivity index (χ0n) is 16.0. The highest BCUT2D eigenvalue weighted by molar-refractivity contribution is 7.15. The van der Waals surface area contributed by atoms with Gasteiger partial charge in [0.1, 0.15) is 5.01 Å². The van der Waals surface area contributed by atoms with Gasteiger partial charge in [0.15, 0.2) is 0 Å². The molecule has 1 aromatic carbocycles. The summed E-state index contributed by atoms with van der Waals surface area (Å²) in [5, 5.41) is 0.991. The number of unbranched alkanes of at least 4 members (excludes halogenated alkanes) is 1. The second-order valence-electron chi connectivity index (χ2n) is 7.26. The summed E-state index contributed by atoms with van der Waals surface area (Å²) in [6, 6.07) is 6.18. The fourth-order valence-electron chi connectivity index (χ4n) is 3.36. The molecule has 3 rings (SSSR count). The van der Waals surface area contributed by atoms with Gasteiger partial charge < -0.3 is 4.98 Å². The van der Waals surface area contributed by atoms with Crippen molar-refractivity contribution in [1.29, 1.82) is 0 Å². The van der Waals surface area contributed by atoms with Crippen molar-refractivity contribution in [3.63, 3.8) is 0 Å². The number of aromatic nitrogens is 3. The van der Waals surface area contributed by atoms with Gasteiger partial charge in [0.2, 0.25) is 0 Å². The maximum atomic E-state index is 12.4. The number of aromatic amines is 1. The molecule has 0 radical (unpaired) electrons. The molecule has 4 nitrogen and oxygen atoms in total. The molecule has 0 aliphatic carbocycles. The number of benzene rings is 1. The first-order valence-corrected chi connectivity index (χ1v) is 10.1. The fourth-order valence-corrected chi connectivity index (χ4v) is 4.65. The van der Waals surface area contributed by atoms with Crippen LogP contribution in [0.15, 0.2) is 35.6 Å². The summed E-state index contributed by atoms with van der Waals surface area (Å²) in [6.45, 7) is 12.2. The van der Waals surface area contributed by atoms with E-state index in [1.807, 2.05) is 32.1 Å². The Balaban J connectivity index is 2.12. The summed E-state index contributed by atoms with van der Waals surface area (Å²) in [7, 11) is 0. The Hall–Kier alpha value is -2.14. The van der Waals surface area contributed by atoms with Crippen molar-refractivity contribution >= 4 is 22.4 Å². The molecule has 0 atom stereocenters. The summed E-state index contributed by atoms with van der Waals surface area (Å²) >= 11 is 1.75. The van der Waals surface area contributed by atoms with E-state index in [1.165, 1.54) is 10.6 Å². The number of allylic oxidation sites excluding steroid dienone is 1. The summed E-state index contributed by atoms with van der Waals surface area (Å²) in [4.78, 5) is 21.7.